The van der Waals surface area contributed by atoms with Crippen molar-refractivity contribution in [3.8, 4) is 17.6 Å². The molecule has 0 saturated heterocycles. The molecule has 0 spiro atoms. The van der Waals surface area contributed by atoms with Crippen molar-refractivity contribution in [1.82, 2.24) is 15.1 Å². The molecule has 2 heterocycles. The van der Waals surface area contributed by atoms with Crippen molar-refractivity contribution < 1.29 is 14.3 Å². The van der Waals surface area contributed by atoms with Gasteiger partial charge in [-0.05, 0) is 31.5 Å². The second-order valence-electron chi connectivity index (χ2n) is 5.96. The van der Waals surface area contributed by atoms with Crippen LogP contribution in [0.2, 0.25) is 0 Å². The summed E-state index contributed by atoms with van der Waals surface area (Å²) < 4.78 is 12.3. The molecule has 0 aliphatic carbocycles. The first-order chi connectivity index (χ1) is 12.5. The average molecular weight is 354 g/mol. The summed E-state index contributed by atoms with van der Waals surface area (Å²) in [4.78, 5) is 24.4. The molecule has 1 aromatic heterocycles. The van der Waals surface area contributed by atoms with Crippen LogP contribution >= 0.6 is 0 Å². The predicted octanol–water partition coefficient (Wildman–Crippen LogP) is 0.688. The third-order valence-corrected chi connectivity index (χ3v) is 4.14. The highest BCUT2D eigenvalue weighted by Crippen LogP contribution is 2.30. The van der Waals surface area contributed by atoms with Gasteiger partial charge in [0.05, 0.1) is 12.2 Å². The number of nitriles is 1. The number of ether oxygens (including phenoxy) is 2. The van der Waals surface area contributed by atoms with Gasteiger partial charge in [-0.15, -0.1) is 0 Å². The highest BCUT2D eigenvalue weighted by molar-refractivity contribution is 5.75. The lowest BCUT2D eigenvalue weighted by Gasteiger charge is -2.26. The molecule has 8 heteroatoms. The number of benzene rings is 1. The Hall–Kier alpha value is -3.34. The van der Waals surface area contributed by atoms with Crippen LogP contribution < -0.4 is 20.3 Å². The zero-order valence-corrected chi connectivity index (χ0v) is 14.5. The molecule has 26 heavy (non-hydrogen) atoms. The zero-order chi connectivity index (χ0) is 18.7. The molecule has 1 aliphatic heterocycles. The lowest BCUT2D eigenvalue weighted by molar-refractivity contribution is -0.122. The van der Waals surface area contributed by atoms with Crippen LogP contribution in [0.15, 0.2) is 29.1 Å². The molecule has 1 unspecified atom stereocenters. The minimum absolute atomic E-state index is 0.00548. The second-order valence-corrected chi connectivity index (χ2v) is 5.96. The van der Waals surface area contributed by atoms with Crippen molar-refractivity contribution in [2.45, 2.75) is 26.5 Å². The van der Waals surface area contributed by atoms with Crippen LogP contribution in [0.4, 0.5) is 0 Å². The molecular weight excluding hydrogens is 336 g/mol. The summed E-state index contributed by atoms with van der Waals surface area (Å²) >= 11 is 0. The molecule has 1 N–H and O–H groups in total. The van der Waals surface area contributed by atoms with Crippen LogP contribution in [0.3, 0.4) is 0 Å². The Morgan fingerprint density at radius 2 is 2.12 bits per heavy atom. The van der Waals surface area contributed by atoms with E-state index in [0.717, 1.165) is 4.68 Å². The van der Waals surface area contributed by atoms with Gasteiger partial charge in [0.2, 0.25) is 5.91 Å². The Kier molecular flexibility index (Phi) is 4.89. The Bertz CT molecular complexity index is 945. The fraction of sp³-hybridized carbons (Fsp3) is 0.333. The van der Waals surface area contributed by atoms with Gasteiger partial charge >= 0.3 is 0 Å². The van der Waals surface area contributed by atoms with Gasteiger partial charge in [0.25, 0.3) is 5.56 Å². The smallest absolute Gasteiger partial charge is 0.285 e. The number of hydrogen-bond acceptors (Lipinski definition) is 6. The molecule has 0 bridgehead atoms. The lowest BCUT2D eigenvalue weighted by Crippen LogP contribution is -2.43. The van der Waals surface area contributed by atoms with Crippen LogP contribution in [0.25, 0.3) is 0 Å². The van der Waals surface area contributed by atoms with Crippen molar-refractivity contribution in [2.75, 3.05) is 13.2 Å². The topological polar surface area (TPSA) is 106 Å². The molecular formula is C18H18N4O4. The van der Waals surface area contributed by atoms with Gasteiger partial charge < -0.3 is 14.8 Å². The zero-order valence-electron chi connectivity index (χ0n) is 14.5. The third-order valence-electron chi connectivity index (χ3n) is 4.14. The Balaban J connectivity index is 1.62. The first-order valence-electron chi connectivity index (χ1n) is 8.13. The maximum Gasteiger partial charge on any atom is 0.285 e. The summed E-state index contributed by atoms with van der Waals surface area (Å²) in [5.41, 5.74) is 0.498. The number of aryl methyl sites for hydroxylation is 1. The molecule has 0 fully saturated rings. The van der Waals surface area contributed by atoms with Gasteiger partial charge in [-0.25, -0.2) is 4.68 Å². The Morgan fingerprint density at radius 1 is 1.38 bits per heavy atom. The van der Waals surface area contributed by atoms with Crippen molar-refractivity contribution in [3.05, 3.63) is 51.4 Å². The summed E-state index contributed by atoms with van der Waals surface area (Å²) in [5.74, 6) is 0.905. The number of fused-ring (bicyclic) bond motifs is 1. The normalized spacial score (nSPS) is 15.2. The minimum atomic E-state index is -0.572. The van der Waals surface area contributed by atoms with E-state index in [-0.39, 0.29) is 24.8 Å². The van der Waals surface area contributed by atoms with E-state index in [9.17, 15) is 9.59 Å². The van der Waals surface area contributed by atoms with Gasteiger partial charge in [-0.3, -0.25) is 9.59 Å². The number of amides is 1. The van der Waals surface area contributed by atoms with E-state index in [4.69, 9.17) is 14.7 Å². The number of nitrogens with one attached hydrogen (secondary N) is 1. The van der Waals surface area contributed by atoms with Crippen LogP contribution in [-0.4, -0.2) is 34.9 Å². The van der Waals surface area contributed by atoms with Crippen molar-refractivity contribution >= 4 is 5.91 Å². The van der Waals surface area contributed by atoms with Crippen LogP contribution in [-0.2, 0) is 11.3 Å². The number of aromatic nitrogens is 2. The number of carbonyl (C=O) groups is 1. The van der Waals surface area contributed by atoms with Gasteiger partial charge in [-0.1, -0.05) is 12.1 Å². The largest absolute Gasteiger partial charge is 0.486 e. The van der Waals surface area contributed by atoms with E-state index in [1.54, 1.807) is 19.9 Å². The molecule has 2 aromatic rings. The van der Waals surface area contributed by atoms with E-state index >= 15 is 0 Å². The summed E-state index contributed by atoms with van der Waals surface area (Å²) in [7, 11) is 0. The van der Waals surface area contributed by atoms with E-state index in [1.807, 2.05) is 24.3 Å². The highest BCUT2D eigenvalue weighted by atomic mass is 16.6. The van der Waals surface area contributed by atoms with Gasteiger partial charge in [-0.2, -0.15) is 10.4 Å². The van der Waals surface area contributed by atoms with Gasteiger partial charge in [0.15, 0.2) is 11.5 Å². The summed E-state index contributed by atoms with van der Waals surface area (Å²) in [5, 5.41) is 15.9. The van der Waals surface area contributed by atoms with E-state index < -0.39 is 11.5 Å². The molecule has 134 valence electrons. The van der Waals surface area contributed by atoms with Crippen LogP contribution in [0.1, 0.15) is 16.8 Å². The highest BCUT2D eigenvalue weighted by Gasteiger charge is 2.21. The number of rotatable bonds is 4. The number of nitrogens with zero attached hydrogens (tertiary/aromatic N) is 3. The number of para-hydroxylation sites is 2. The maximum absolute atomic E-state index is 12.2. The summed E-state index contributed by atoms with van der Waals surface area (Å²) in [6.07, 6.45) is -0.326. The molecule has 1 atom stereocenters. The lowest BCUT2D eigenvalue weighted by atomic mass is 10.1. The average Bonchev–Trinajstić information content (AvgIpc) is 2.65. The minimum Gasteiger partial charge on any atom is -0.486 e. The first kappa shape index (κ1) is 17.5. The molecule has 8 nitrogen and oxygen atoms in total. The quantitative estimate of drug-likeness (QED) is 0.866. The standard InChI is InChI=1S/C18H18N4O4/c1-11-12(2)21-22(18(24)14(11)7-19)9-17(23)20-8-13-10-25-15-5-3-4-6-16(15)26-13/h3-6,13H,8-10H2,1-2H3,(H,20,23). The third kappa shape index (κ3) is 3.52. The van der Waals surface area contributed by atoms with Gasteiger partial charge in [0.1, 0.15) is 30.9 Å². The van der Waals surface area contributed by atoms with Crippen molar-refractivity contribution in [3.63, 3.8) is 0 Å². The molecule has 1 aliphatic rings. The van der Waals surface area contributed by atoms with Crippen LogP contribution in [0, 0.1) is 25.2 Å². The molecule has 1 aromatic carbocycles. The monoisotopic (exact) mass is 354 g/mol. The van der Waals surface area contributed by atoms with E-state index in [0.29, 0.717) is 29.4 Å². The molecule has 0 radical (unpaired) electrons. The summed E-state index contributed by atoms with van der Waals surface area (Å²) in [6, 6.07) is 9.18. The fourth-order valence-corrected chi connectivity index (χ4v) is 2.59. The maximum atomic E-state index is 12.2. The SMILES string of the molecule is Cc1nn(CC(=O)NCC2COc3ccccc3O2)c(=O)c(C#N)c1C. The second kappa shape index (κ2) is 7.27. The Labute approximate surface area is 150 Å². The summed E-state index contributed by atoms with van der Waals surface area (Å²) in [6.45, 7) is 3.63. The Morgan fingerprint density at radius 3 is 2.85 bits per heavy atom. The van der Waals surface area contributed by atoms with Gasteiger partial charge in [0, 0.05) is 0 Å². The van der Waals surface area contributed by atoms with Crippen molar-refractivity contribution in [2.24, 2.45) is 0 Å². The molecule has 1 amide bonds. The fourth-order valence-electron chi connectivity index (χ4n) is 2.59. The first-order valence-corrected chi connectivity index (χ1v) is 8.13. The van der Waals surface area contributed by atoms with E-state index in [2.05, 4.69) is 10.4 Å². The van der Waals surface area contributed by atoms with Crippen molar-refractivity contribution in [1.29, 1.82) is 5.26 Å². The number of carbonyl (C=O) groups excluding carboxylic acids is 1. The van der Waals surface area contributed by atoms with E-state index in [1.165, 1.54) is 0 Å². The molecule has 0 saturated carbocycles. The van der Waals surface area contributed by atoms with Crippen LogP contribution in [0.5, 0.6) is 11.5 Å². The predicted molar refractivity (Wildman–Crippen MR) is 92.0 cm³/mol. The molecule has 3 rings (SSSR count). The number of hydrogen-bond donors (Lipinski definition) is 1.